The van der Waals surface area contributed by atoms with E-state index in [0.29, 0.717) is 5.65 Å². The van der Waals surface area contributed by atoms with Crippen molar-refractivity contribution in [3.63, 3.8) is 0 Å². The number of pyridine rings is 1. The monoisotopic (exact) mass is 272 g/mol. The molecule has 3 rings (SSSR count). The van der Waals surface area contributed by atoms with Gasteiger partial charge in [0.15, 0.2) is 5.65 Å². The maximum atomic E-state index is 5.87. The Morgan fingerprint density at radius 3 is 3.00 bits per heavy atom. The van der Waals surface area contributed by atoms with Crippen LogP contribution in [-0.2, 0) is 0 Å². The molecular weight excluding hydrogens is 260 g/mol. The van der Waals surface area contributed by atoms with Gasteiger partial charge in [0, 0.05) is 12.2 Å². The average molecular weight is 272 g/mol. The summed E-state index contributed by atoms with van der Waals surface area (Å²) >= 11 is 1.46. The highest BCUT2D eigenvalue weighted by Crippen LogP contribution is 2.29. The highest BCUT2D eigenvalue weighted by molar-refractivity contribution is 7.99. The van der Waals surface area contributed by atoms with Crippen molar-refractivity contribution in [1.29, 1.82) is 0 Å². The zero-order valence-corrected chi connectivity index (χ0v) is 11.1. The van der Waals surface area contributed by atoms with Gasteiger partial charge < -0.3 is 10.7 Å². The van der Waals surface area contributed by atoms with Crippen LogP contribution in [0.25, 0.3) is 11.2 Å². The summed E-state index contributed by atoms with van der Waals surface area (Å²) in [5.74, 6) is 0. The summed E-state index contributed by atoms with van der Waals surface area (Å²) in [6, 6.07) is 3.88. The maximum Gasteiger partial charge on any atom is 0.181 e. The Hall–Kier alpha value is -1.99. The molecular formula is C12H12N6S. The van der Waals surface area contributed by atoms with Crippen molar-refractivity contribution in [3.05, 3.63) is 36.5 Å². The van der Waals surface area contributed by atoms with Crippen molar-refractivity contribution in [1.82, 2.24) is 24.9 Å². The fraction of sp³-hybridized carbons (Fsp3) is 0.167. The van der Waals surface area contributed by atoms with E-state index < -0.39 is 0 Å². The van der Waals surface area contributed by atoms with Crippen molar-refractivity contribution in [2.45, 2.75) is 23.0 Å². The Labute approximate surface area is 113 Å². The molecule has 0 radical (unpaired) electrons. The number of H-pyrrole nitrogens is 1. The normalized spacial score (nSPS) is 12.7. The number of hydrogen-bond acceptors (Lipinski definition) is 6. The quantitative estimate of drug-likeness (QED) is 0.707. The number of nitrogens with two attached hydrogens (primary N) is 1. The van der Waals surface area contributed by atoms with Crippen LogP contribution in [0.1, 0.15) is 18.5 Å². The molecule has 1 unspecified atom stereocenters. The first-order valence-corrected chi connectivity index (χ1v) is 6.59. The first-order valence-electron chi connectivity index (χ1n) is 5.77. The Bertz CT molecular complexity index is 708. The topological polar surface area (TPSA) is 93.4 Å². The number of nitrogens with one attached hydrogen (secondary N) is 1. The van der Waals surface area contributed by atoms with E-state index >= 15 is 0 Å². The van der Waals surface area contributed by atoms with Gasteiger partial charge in [-0.05, 0) is 36.4 Å². The zero-order valence-electron chi connectivity index (χ0n) is 10.2. The molecule has 1 atom stereocenters. The first kappa shape index (κ1) is 12.1. The van der Waals surface area contributed by atoms with Crippen LogP contribution in [0.2, 0.25) is 0 Å². The molecule has 3 N–H and O–H groups in total. The van der Waals surface area contributed by atoms with Crippen LogP contribution >= 0.6 is 11.8 Å². The van der Waals surface area contributed by atoms with Crippen LogP contribution in [0.4, 0.5) is 0 Å². The van der Waals surface area contributed by atoms with E-state index in [2.05, 4.69) is 24.9 Å². The fourth-order valence-electron chi connectivity index (χ4n) is 1.68. The molecule has 96 valence electrons. The van der Waals surface area contributed by atoms with Crippen molar-refractivity contribution < 1.29 is 0 Å². The molecule has 0 aromatic carbocycles. The molecule has 0 fully saturated rings. The minimum Gasteiger partial charge on any atom is -0.341 e. The van der Waals surface area contributed by atoms with Gasteiger partial charge in [-0.25, -0.2) is 19.9 Å². The van der Waals surface area contributed by atoms with Gasteiger partial charge in [-0.1, -0.05) is 0 Å². The zero-order chi connectivity index (χ0) is 13.2. The standard InChI is InChI=1S/C12H12N6S/c1-7(13)8-2-3-14-9(4-8)19-12-10-11(16-5-15-10)17-6-18-12/h2-7H,13H2,1H3,(H,15,16,17,18). The molecule has 0 spiro atoms. The molecule has 0 bridgehead atoms. The maximum absolute atomic E-state index is 5.87. The van der Waals surface area contributed by atoms with Crippen LogP contribution < -0.4 is 5.73 Å². The molecule has 0 aliphatic rings. The third kappa shape index (κ3) is 2.42. The molecule has 0 aliphatic carbocycles. The Morgan fingerprint density at radius 2 is 2.16 bits per heavy atom. The number of rotatable bonds is 3. The molecule has 7 heteroatoms. The van der Waals surface area contributed by atoms with Gasteiger partial charge in [-0.15, -0.1) is 0 Å². The molecule has 3 aromatic rings. The van der Waals surface area contributed by atoms with E-state index in [1.165, 1.54) is 18.1 Å². The summed E-state index contributed by atoms with van der Waals surface area (Å²) in [5, 5.41) is 1.65. The minimum atomic E-state index is -0.0140. The van der Waals surface area contributed by atoms with Gasteiger partial charge in [0.05, 0.1) is 6.33 Å². The lowest BCUT2D eigenvalue weighted by Crippen LogP contribution is -2.05. The van der Waals surface area contributed by atoms with E-state index in [1.807, 2.05) is 19.1 Å². The number of nitrogens with zero attached hydrogens (tertiary/aromatic N) is 4. The summed E-state index contributed by atoms with van der Waals surface area (Å²) in [5.41, 5.74) is 8.39. The van der Waals surface area contributed by atoms with E-state index in [4.69, 9.17) is 5.73 Å². The first-order chi connectivity index (χ1) is 9.24. The highest BCUT2D eigenvalue weighted by atomic mass is 32.2. The summed E-state index contributed by atoms with van der Waals surface area (Å²) in [6.07, 6.45) is 4.86. The Morgan fingerprint density at radius 1 is 1.26 bits per heavy atom. The van der Waals surface area contributed by atoms with E-state index in [-0.39, 0.29) is 6.04 Å². The van der Waals surface area contributed by atoms with Gasteiger partial charge in [0.1, 0.15) is 21.9 Å². The van der Waals surface area contributed by atoms with Gasteiger partial charge in [0.2, 0.25) is 0 Å². The average Bonchev–Trinajstić information content (AvgIpc) is 2.88. The number of imidazole rings is 1. The van der Waals surface area contributed by atoms with E-state index in [9.17, 15) is 0 Å². The third-order valence-electron chi connectivity index (χ3n) is 2.67. The number of fused-ring (bicyclic) bond motifs is 1. The number of hydrogen-bond donors (Lipinski definition) is 2. The van der Waals surface area contributed by atoms with Crippen LogP contribution in [0.5, 0.6) is 0 Å². The second-order valence-electron chi connectivity index (χ2n) is 4.10. The summed E-state index contributed by atoms with van der Waals surface area (Å²) in [6.45, 7) is 1.95. The predicted molar refractivity (Wildman–Crippen MR) is 72.6 cm³/mol. The summed E-state index contributed by atoms with van der Waals surface area (Å²) in [4.78, 5) is 19.8. The minimum absolute atomic E-state index is 0.0140. The van der Waals surface area contributed by atoms with E-state index in [1.54, 1.807) is 12.5 Å². The number of aromatic amines is 1. The summed E-state index contributed by atoms with van der Waals surface area (Å²) < 4.78 is 0. The molecule has 0 saturated heterocycles. The van der Waals surface area contributed by atoms with Gasteiger partial charge >= 0.3 is 0 Å². The Balaban J connectivity index is 1.97. The van der Waals surface area contributed by atoms with Crippen molar-refractivity contribution in [3.8, 4) is 0 Å². The summed E-state index contributed by atoms with van der Waals surface area (Å²) in [7, 11) is 0. The van der Waals surface area contributed by atoms with Gasteiger partial charge in [-0.3, -0.25) is 0 Å². The molecule has 3 heterocycles. The second kappa shape index (κ2) is 4.94. The SMILES string of the molecule is CC(N)c1ccnc(Sc2ncnc3nc[nH]c23)c1. The molecule has 0 amide bonds. The smallest absolute Gasteiger partial charge is 0.181 e. The molecule has 0 aliphatic heterocycles. The molecule has 0 saturated carbocycles. The van der Waals surface area contributed by atoms with Crippen LogP contribution in [-0.4, -0.2) is 24.9 Å². The lowest BCUT2D eigenvalue weighted by Gasteiger charge is -2.06. The Kier molecular flexibility index (Phi) is 3.14. The van der Waals surface area contributed by atoms with Crippen LogP contribution in [0.15, 0.2) is 41.0 Å². The van der Waals surface area contributed by atoms with Gasteiger partial charge in [-0.2, -0.15) is 0 Å². The third-order valence-corrected chi connectivity index (χ3v) is 3.61. The molecule has 3 aromatic heterocycles. The molecule has 19 heavy (non-hydrogen) atoms. The van der Waals surface area contributed by atoms with Crippen molar-refractivity contribution in [2.75, 3.05) is 0 Å². The van der Waals surface area contributed by atoms with Crippen LogP contribution in [0, 0.1) is 0 Å². The predicted octanol–water partition coefficient (Wildman–Crippen LogP) is 1.92. The van der Waals surface area contributed by atoms with Crippen molar-refractivity contribution in [2.24, 2.45) is 5.73 Å². The second-order valence-corrected chi connectivity index (χ2v) is 5.11. The van der Waals surface area contributed by atoms with Crippen LogP contribution in [0.3, 0.4) is 0 Å². The van der Waals surface area contributed by atoms with E-state index in [0.717, 1.165) is 21.1 Å². The molecule has 6 nitrogen and oxygen atoms in total. The lowest BCUT2D eigenvalue weighted by atomic mass is 10.1. The lowest BCUT2D eigenvalue weighted by molar-refractivity contribution is 0.808. The van der Waals surface area contributed by atoms with Crippen molar-refractivity contribution >= 4 is 22.9 Å². The number of aromatic nitrogens is 5. The largest absolute Gasteiger partial charge is 0.341 e. The van der Waals surface area contributed by atoms with Gasteiger partial charge in [0.25, 0.3) is 0 Å². The fourth-order valence-corrected chi connectivity index (χ4v) is 2.54. The highest BCUT2D eigenvalue weighted by Gasteiger charge is 2.09.